The fourth-order valence-corrected chi connectivity index (χ4v) is 2.24. The number of halogens is 2. The molecule has 0 bridgehead atoms. The van der Waals surface area contributed by atoms with Gasteiger partial charge in [-0.15, -0.1) is 46.2 Å². The van der Waals surface area contributed by atoms with Gasteiger partial charge in [-0.2, -0.15) is 6.08 Å². The summed E-state index contributed by atoms with van der Waals surface area (Å²) in [6.45, 7) is 0. The van der Waals surface area contributed by atoms with E-state index < -0.39 is 0 Å². The molecule has 1 aliphatic carbocycles. The largest absolute Gasteiger partial charge is 4.00 e. The molecule has 1 aliphatic rings. The fourth-order valence-electron chi connectivity index (χ4n) is 2.24. The van der Waals surface area contributed by atoms with Crippen molar-refractivity contribution in [2.75, 3.05) is 0 Å². The van der Waals surface area contributed by atoms with E-state index in [4.69, 9.17) is 0 Å². The van der Waals surface area contributed by atoms with Crippen LogP contribution >= 0.6 is 0 Å². The summed E-state index contributed by atoms with van der Waals surface area (Å²) in [6.07, 6.45) is 10.0. The Kier molecular flexibility index (Phi) is 9.49. The predicted octanol–water partition coefficient (Wildman–Crippen LogP) is -0.977. The maximum atomic E-state index is 2.99. The third-order valence-electron chi connectivity index (χ3n) is 3.11. The van der Waals surface area contributed by atoms with E-state index in [-0.39, 0.29) is 46.5 Å². The second kappa shape index (κ2) is 9.92. The minimum absolute atomic E-state index is 0. The topological polar surface area (TPSA) is 0 Å². The fraction of sp³-hybridized carbons (Fsp3) is 0.0556. The quantitative estimate of drug-likeness (QED) is 0.362. The zero-order valence-electron chi connectivity index (χ0n) is 11.4. The predicted molar refractivity (Wildman–Crippen MR) is 78.6 cm³/mol. The molecule has 0 heterocycles. The Hall–Kier alpha value is -0.916. The maximum Gasteiger partial charge on any atom is 4.00 e. The van der Waals surface area contributed by atoms with E-state index >= 15 is 0 Å². The summed E-state index contributed by atoms with van der Waals surface area (Å²) in [5.74, 6) is 0. The van der Waals surface area contributed by atoms with Crippen molar-refractivity contribution in [2.45, 2.75) is 6.42 Å². The number of rotatable bonds is 0. The molecule has 0 aliphatic heterocycles. The molecule has 3 aromatic rings. The summed E-state index contributed by atoms with van der Waals surface area (Å²) in [5, 5.41) is 5.39. The van der Waals surface area contributed by atoms with Gasteiger partial charge in [0.15, 0.2) is 0 Å². The van der Waals surface area contributed by atoms with E-state index in [2.05, 4.69) is 66.7 Å². The summed E-state index contributed by atoms with van der Waals surface area (Å²) in [7, 11) is 0. The Morgan fingerprint density at radius 1 is 0.810 bits per heavy atom. The Balaban J connectivity index is 0.000000437. The molecule has 0 atom stereocenters. The first-order chi connectivity index (χ1) is 8.95. The Morgan fingerprint density at radius 2 is 1.33 bits per heavy atom. The molecule has 0 saturated carbocycles. The van der Waals surface area contributed by atoms with Crippen LogP contribution < -0.4 is 24.8 Å². The van der Waals surface area contributed by atoms with Crippen LogP contribution in [0.15, 0.2) is 72.8 Å². The summed E-state index contributed by atoms with van der Waals surface area (Å²) >= 11 is 0. The van der Waals surface area contributed by atoms with E-state index in [0.717, 1.165) is 6.42 Å². The van der Waals surface area contributed by atoms with Gasteiger partial charge in [0.05, 0.1) is 0 Å². The van der Waals surface area contributed by atoms with Crippen molar-refractivity contribution in [1.82, 2.24) is 0 Å². The van der Waals surface area contributed by atoms with Crippen molar-refractivity contribution >= 4 is 21.5 Å². The number of hydrogen-bond acceptors (Lipinski definition) is 0. The third kappa shape index (κ3) is 4.79. The van der Waals surface area contributed by atoms with Crippen LogP contribution in [0.1, 0.15) is 6.42 Å². The molecule has 0 unspecified atom stereocenters. The zero-order valence-corrected chi connectivity index (χ0v) is 14.5. The average molecular weight is 349 g/mol. The molecular weight excluding hydrogens is 335 g/mol. The molecule has 0 saturated heterocycles. The molecule has 21 heavy (non-hydrogen) atoms. The SMILES string of the molecule is [C-]1=CC=CC1.[Cl-].[Cl-].[Ti+4].c1ccc2c(c1)[cH-]c1ccccc12. The normalized spacial score (nSPS) is 11.0. The molecule has 4 rings (SSSR count). The smallest absolute Gasteiger partial charge is 1.00 e. The number of benzene rings is 2. The molecule has 3 heteroatoms. The van der Waals surface area contributed by atoms with Gasteiger partial charge >= 0.3 is 21.7 Å². The first kappa shape index (κ1) is 20.1. The van der Waals surface area contributed by atoms with Crippen molar-refractivity contribution in [1.29, 1.82) is 0 Å². The molecule has 0 fully saturated rings. The molecule has 0 amide bonds. The van der Waals surface area contributed by atoms with E-state index in [1.54, 1.807) is 0 Å². The summed E-state index contributed by atoms with van der Waals surface area (Å²) in [6, 6.07) is 19.3. The average Bonchev–Trinajstić information content (AvgIpc) is 3.10. The van der Waals surface area contributed by atoms with Gasteiger partial charge in [-0.1, -0.05) is 36.4 Å². The standard InChI is InChI=1S/C13H9.C5H5.2ClH.Ti/c1-3-7-12-10(5-1)9-11-6-2-4-8-13(11)12;1-2-4-5-3-1;;;/h1-9H;1-3H,4H2;2*1H;/q2*-1;;;+4/p-2. The van der Waals surface area contributed by atoms with Crippen LogP contribution in [0.25, 0.3) is 21.5 Å². The van der Waals surface area contributed by atoms with Crippen molar-refractivity contribution in [3.8, 4) is 0 Å². The van der Waals surface area contributed by atoms with Gasteiger partial charge in [0.25, 0.3) is 0 Å². The number of fused-ring (bicyclic) bond motifs is 3. The van der Waals surface area contributed by atoms with Crippen LogP contribution in [0.5, 0.6) is 0 Å². The second-order valence-corrected chi connectivity index (χ2v) is 4.32. The second-order valence-electron chi connectivity index (χ2n) is 4.32. The van der Waals surface area contributed by atoms with Crippen LogP contribution in [-0.2, 0) is 21.7 Å². The minimum atomic E-state index is 0. The van der Waals surface area contributed by atoms with E-state index in [1.807, 2.05) is 12.2 Å². The zero-order chi connectivity index (χ0) is 12.2. The van der Waals surface area contributed by atoms with Gasteiger partial charge in [0, 0.05) is 0 Å². The van der Waals surface area contributed by atoms with Crippen molar-refractivity contribution in [3.63, 3.8) is 0 Å². The van der Waals surface area contributed by atoms with Gasteiger partial charge in [-0.3, -0.25) is 6.08 Å². The Morgan fingerprint density at radius 3 is 1.71 bits per heavy atom. The van der Waals surface area contributed by atoms with Gasteiger partial charge in [0.2, 0.25) is 0 Å². The van der Waals surface area contributed by atoms with Crippen LogP contribution in [0.3, 0.4) is 0 Å². The Bertz CT molecular complexity index is 666. The number of allylic oxidation sites excluding steroid dienone is 4. The third-order valence-corrected chi connectivity index (χ3v) is 3.11. The minimum Gasteiger partial charge on any atom is -1.00 e. The molecule has 0 aromatic heterocycles. The monoisotopic (exact) mass is 348 g/mol. The molecule has 104 valence electrons. The van der Waals surface area contributed by atoms with Crippen molar-refractivity contribution < 1.29 is 46.5 Å². The van der Waals surface area contributed by atoms with Gasteiger partial charge in [-0.25, -0.2) is 12.2 Å². The van der Waals surface area contributed by atoms with Gasteiger partial charge < -0.3 is 24.8 Å². The summed E-state index contributed by atoms with van der Waals surface area (Å²) in [4.78, 5) is 0. The molecular formula is C18H14Cl2Ti. The first-order valence-electron chi connectivity index (χ1n) is 6.20. The van der Waals surface area contributed by atoms with Crippen molar-refractivity contribution in [3.05, 3.63) is 78.9 Å². The molecule has 0 nitrogen and oxygen atoms in total. The van der Waals surface area contributed by atoms with Gasteiger partial charge in [0.1, 0.15) is 0 Å². The van der Waals surface area contributed by atoms with Crippen LogP contribution in [0.4, 0.5) is 0 Å². The van der Waals surface area contributed by atoms with Crippen molar-refractivity contribution in [2.24, 2.45) is 0 Å². The number of hydrogen-bond donors (Lipinski definition) is 0. The van der Waals surface area contributed by atoms with E-state index in [0.29, 0.717) is 0 Å². The van der Waals surface area contributed by atoms with Crippen LogP contribution in [0, 0.1) is 6.08 Å². The van der Waals surface area contributed by atoms with Crippen LogP contribution in [-0.4, -0.2) is 0 Å². The van der Waals surface area contributed by atoms with Gasteiger partial charge in [-0.05, 0) is 0 Å². The summed E-state index contributed by atoms with van der Waals surface area (Å²) < 4.78 is 0. The molecule has 0 spiro atoms. The van der Waals surface area contributed by atoms with E-state index in [9.17, 15) is 0 Å². The van der Waals surface area contributed by atoms with Crippen LogP contribution in [0.2, 0.25) is 0 Å². The molecule has 3 aromatic carbocycles. The molecule has 0 radical (unpaired) electrons. The summed E-state index contributed by atoms with van der Waals surface area (Å²) in [5.41, 5.74) is 0. The molecule has 0 N–H and O–H groups in total. The van der Waals surface area contributed by atoms with E-state index in [1.165, 1.54) is 21.5 Å². The first-order valence-corrected chi connectivity index (χ1v) is 6.20. The Labute approximate surface area is 153 Å². The maximum absolute atomic E-state index is 2.99.